The van der Waals surface area contributed by atoms with Crippen LogP contribution in [0.5, 0.6) is 5.75 Å². The molecule has 4 heterocycles. The lowest BCUT2D eigenvalue weighted by atomic mass is 9.97. The molecule has 0 bridgehead atoms. The first kappa shape index (κ1) is 39.2. The number of aryl methyl sites for hydroxylation is 1. The van der Waals surface area contributed by atoms with Crippen LogP contribution in [0.2, 0.25) is 0 Å². The number of anilines is 1. The number of fused-ring (bicyclic) bond motifs is 2. The Bertz CT molecular complexity index is 2340. The lowest BCUT2D eigenvalue weighted by Gasteiger charge is -2.55. The number of hydrogen-bond donors (Lipinski definition) is 3. The van der Waals surface area contributed by atoms with Crippen molar-refractivity contribution in [1.29, 1.82) is 0 Å². The first-order valence-corrected chi connectivity index (χ1v) is 19.8. The Kier molecular flexibility index (Phi) is 11.3. The minimum atomic E-state index is -0.911. The summed E-state index contributed by atoms with van der Waals surface area (Å²) in [6, 6.07) is 28.6. The molecule has 3 aliphatic heterocycles. The van der Waals surface area contributed by atoms with Crippen LogP contribution in [0.15, 0.2) is 116 Å². The van der Waals surface area contributed by atoms with Crippen LogP contribution in [-0.4, -0.2) is 116 Å². The normalized spacial score (nSPS) is 18.5. The first-order chi connectivity index (χ1) is 28.7. The fraction of sp³-hybridized carbons (Fsp3) is 0.289. The highest BCUT2D eigenvalue weighted by molar-refractivity contribution is 5.99. The highest BCUT2D eigenvalue weighted by atomic mass is 16.5. The van der Waals surface area contributed by atoms with Gasteiger partial charge in [-0.05, 0) is 46.5 Å². The van der Waals surface area contributed by atoms with E-state index in [1.165, 1.54) is 0 Å². The summed E-state index contributed by atoms with van der Waals surface area (Å²) in [5, 5.41) is 20.3. The van der Waals surface area contributed by atoms with E-state index in [9.17, 15) is 24.3 Å². The summed E-state index contributed by atoms with van der Waals surface area (Å²) >= 11 is 0. The number of phenols is 1. The highest BCUT2D eigenvalue weighted by Gasteiger charge is 2.51. The molecule has 0 unspecified atom stereocenters. The maximum atomic E-state index is 14.7. The van der Waals surface area contributed by atoms with Crippen molar-refractivity contribution in [3.05, 3.63) is 133 Å². The Morgan fingerprint density at radius 2 is 1.64 bits per heavy atom. The second-order valence-electron chi connectivity index (χ2n) is 15.1. The van der Waals surface area contributed by atoms with Crippen molar-refractivity contribution in [2.75, 3.05) is 51.3 Å². The van der Waals surface area contributed by atoms with Crippen molar-refractivity contribution >= 4 is 40.5 Å². The number of nitrogens with zero attached hydrogens (tertiary/aromatic N) is 6. The van der Waals surface area contributed by atoms with E-state index in [2.05, 4.69) is 34.0 Å². The molecule has 2 atom stereocenters. The van der Waals surface area contributed by atoms with Crippen molar-refractivity contribution in [1.82, 2.24) is 34.6 Å². The SMILES string of the molecule is C=CCN1CC(=O)N2[C@@H](Cc3ccc(O)cc3)C(=O)N(Cc3cccc4c(-c5ccc(NC(=O)N6CCOCC6)cc5)cn(C)c34)C[C@@H]2N1C(=O)NCc1ccccc1. The number of urea groups is 2. The van der Waals surface area contributed by atoms with Gasteiger partial charge < -0.3 is 39.7 Å². The van der Waals surface area contributed by atoms with Gasteiger partial charge in [0.2, 0.25) is 11.8 Å². The number of carbonyl (C=O) groups excluding carboxylic acids is 4. The molecule has 59 heavy (non-hydrogen) atoms. The molecule has 3 saturated heterocycles. The van der Waals surface area contributed by atoms with Gasteiger partial charge in [0.15, 0.2) is 0 Å². The average Bonchev–Trinajstić information content (AvgIpc) is 3.60. The molecular weight excluding hydrogens is 749 g/mol. The predicted octanol–water partition coefficient (Wildman–Crippen LogP) is 5.15. The predicted molar refractivity (Wildman–Crippen MR) is 224 cm³/mol. The molecule has 1 aromatic heterocycles. The summed E-state index contributed by atoms with van der Waals surface area (Å²) < 4.78 is 7.43. The standard InChI is InChI=1S/C45H48N8O6/c1-3-20-51-30-41(55)52-39(25-31-12-18-36(54)19-13-31)43(56)50(29-40(52)53(51)44(57)46-26-32-8-5-4-6-9-32)27-34-10-7-11-37-38(28-48(2)42(34)37)33-14-16-35(17-15-33)47-45(58)49-21-23-59-24-22-49/h3-19,28,39-40,54H,1,20-27,29-30H2,2H3,(H,46,57)(H,47,58)/t39-,40-/m0/s1. The van der Waals surface area contributed by atoms with E-state index in [0.717, 1.165) is 38.7 Å². The lowest BCUT2D eigenvalue weighted by Crippen LogP contribution is -2.76. The summed E-state index contributed by atoms with van der Waals surface area (Å²) in [4.78, 5) is 60.9. The Morgan fingerprint density at radius 3 is 2.37 bits per heavy atom. The monoisotopic (exact) mass is 796 g/mol. The van der Waals surface area contributed by atoms with Crippen LogP contribution >= 0.6 is 0 Å². The van der Waals surface area contributed by atoms with Crippen LogP contribution < -0.4 is 10.6 Å². The molecule has 5 aromatic rings. The van der Waals surface area contributed by atoms with Gasteiger partial charge in [-0.2, -0.15) is 0 Å². The van der Waals surface area contributed by atoms with E-state index in [4.69, 9.17) is 4.74 Å². The molecule has 0 spiro atoms. The maximum absolute atomic E-state index is 14.7. The van der Waals surface area contributed by atoms with Crippen molar-refractivity contribution in [2.24, 2.45) is 7.05 Å². The summed E-state index contributed by atoms with van der Waals surface area (Å²) in [5.41, 5.74) is 6.20. The fourth-order valence-electron chi connectivity index (χ4n) is 8.37. The number of rotatable bonds is 10. The molecule has 304 valence electrons. The Balaban J connectivity index is 1.10. The van der Waals surface area contributed by atoms with Crippen molar-refractivity contribution in [2.45, 2.75) is 31.7 Å². The topological polar surface area (TPSA) is 143 Å². The molecule has 0 aliphatic carbocycles. The van der Waals surface area contributed by atoms with E-state index in [1.54, 1.807) is 55.1 Å². The third kappa shape index (κ3) is 8.22. The number of hydrogen-bond acceptors (Lipinski definition) is 7. The van der Waals surface area contributed by atoms with Gasteiger partial charge in [-0.1, -0.05) is 78.9 Å². The molecule has 8 rings (SSSR count). The zero-order valence-electron chi connectivity index (χ0n) is 33.0. The zero-order valence-corrected chi connectivity index (χ0v) is 33.0. The minimum Gasteiger partial charge on any atom is -0.508 e. The molecule has 3 N–H and O–H groups in total. The van der Waals surface area contributed by atoms with Gasteiger partial charge in [0.1, 0.15) is 18.0 Å². The van der Waals surface area contributed by atoms with Crippen LogP contribution in [0.1, 0.15) is 16.7 Å². The number of phenolic OH excluding ortho intramolecular Hbond substituents is 1. The van der Waals surface area contributed by atoms with Gasteiger partial charge in [-0.3, -0.25) is 9.59 Å². The van der Waals surface area contributed by atoms with Crippen LogP contribution in [0.4, 0.5) is 15.3 Å². The number of benzene rings is 4. The largest absolute Gasteiger partial charge is 0.508 e. The molecule has 4 aromatic carbocycles. The summed E-state index contributed by atoms with van der Waals surface area (Å²) in [7, 11) is 1.98. The van der Waals surface area contributed by atoms with E-state index in [0.29, 0.717) is 32.0 Å². The Hall–Kier alpha value is -6.64. The van der Waals surface area contributed by atoms with Crippen molar-refractivity contribution in [3.8, 4) is 16.9 Å². The first-order valence-electron chi connectivity index (χ1n) is 19.8. The lowest BCUT2D eigenvalue weighted by molar-refractivity contribution is -0.189. The number of para-hydroxylation sites is 1. The second-order valence-corrected chi connectivity index (χ2v) is 15.1. The Morgan fingerprint density at radius 1 is 0.898 bits per heavy atom. The maximum Gasteiger partial charge on any atom is 0.334 e. The average molecular weight is 797 g/mol. The second kappa shape index (κ2) is 17.1. The van der Waals surface area contributed by atoms with Crippen molar-refractivity contribution < 1.29 is 29.0 Å². The third-order valence-corrected chi connectivity index (χ3v) is 11.2. The van der Waals surface area contributed by atoms with E-state index in [-0.39, 0.29) is 62.7 Å². The minimum absolute atomic E-state index is 0.0777. The highest BCUT2D eigenvalue weighted by Crippen LogP contribution is 2.35. The van der Waals surface area contributed by atoms with Gasteiger partial charge in [0.25, 0.3) is 0 Å². The van der Waals surface area contributed by atoms with Crippen LogP contribution in [0.3, 0.4) is 0 Å². The zero-order chi connectivity index (χ0) is 41.0. The number of aromatic nitrogens is 1. The fourth-order valence-corrected chi connectivity index (χ4v) is 8.37. The number of piperazine rings is 1. The van der Waals surface area contributed by atoms with Gasteiger partial charge >= 0.3 is 12.1 Å². The summed E-state index contributed by atoms with van der Waals surface area (Å²) in [5.74, 6) is -0.396. The van der Waals surface area contributed by atoms with Gasteiger partial charge in [0, 0.05) is 69.0 Å². The van der Waals surface area contributed by atoms with Crippen molar-refractivity contribution in [3.63, 3.8) is 0 Å². The molecule has 14 nitrogen and oxygen atoms in total. The molecule has 3 aliphatic rings. The quantitative estimate of drug-likeness (QED) is 0.166. The van der Waals surface area contributed by atoms with Gasteiger partial charge in [0.05, 0.1) is 31.8 Å². The number of nitrogens with one attached hydrogen (secondary N) is 2. The summed E-state index contributed by atoms with van der Waals surface area (Å²) in [6.45, 7) is 6.78. The van der Waals surface area contributed by atoms with E-state index in [1.807, 2.05) is 73.8 Å². The van der Waals surface area contributed by atoms with E-state index < -0.39 is 18.2 Å². The molecule has 14 heteroatoms. The van der Waals surface area contributed by atoms with Crippen LogP contribution in [0.25, 0.3) is 22.0 Å². The van der Waals surface area contributed by atoms with Gasteiger partial charge in [-0.25, -0.2) is 19.6 Å². The number of amides is 6. The molecular formula is C45H48N8O6. The molecule has 3 fully saturated rings. The number of carbonyl (C=O) groups is 4. The van der Waals surface area contributed by atoms with E-state index >= 15 is 0 Å². The van der Waals surface area contributed by atoms with Gasteiger partial charge in [-0.15, -0.1) is 6.58 Å². The Labute approximate surface area is 342 Å². The number of aromatic hydroxyl groups is 1. The summed E-state index contributed by atoms with van der Waals surface area (Å²) in [6.07, 6.45) is 3.11. The molecule has 0 radical (unpaired) electrons. The molecule has 6 amide bonds. The smallest absolute Gasteiger partial charge is 0.334 e. The third-order valence-electron chi connectivity index (χ3n) is 11.2. The number of hydrazine groups is 1. The number of morpholine rings is 1. The van der Waals surface area contributed by atoms with Crippen LogP contribution in [0, 0.1) is 0 Å². The number of ether oxygens (including phenoxy) is 1. The molecule has 0 saturated carbocycles. The van der Waals surface area contributed by atoms with Crippen LogP contribution in [-0.2, 0) is 40.9 Å².